The molecule has 0 radical (unpaired) electrons. The highest BCUT2D eigenvalue weighted by molar-refractivity contribution is 5.93. The molecule has 1 aromatic rings. The second kappa shape index (κ2) is 9.62. The number of rotatable bonds is 5. The number of likely N-dealkylation sites (tertiary alicyclic amines) is 1. The largest absolute Gasteiger partial charge is 0.416 e. The van der Waals surface area contributed by atoms with Crippen LogP contribution in [0.25, 0.3) is 0 Å². The molecule has 2 unspecified atom stereocenters. The van der Waals surface area contributed by atoms with Crippen LogP contribution >= 0.6 is 0 Å². The van der Waals surface area contributed by atoms with Crippen LogP contribution in [0.2, 0.25) is 0 Å². The van der Waals surface area contributed by atoms with E-state index >= 15 is 0 Å². The summed E-state index contributed by atoms with van der Waals surface area (Å²) in [4.78, 5) is 27.2. The van der Waals surface area contributed by atoms with Crippen molar-refractivity contribution in [3.63, 3.8) is 0 Å². The Morgan fingerprint density at radius 2 is 1.97 bits per heavy atom. The van der Waals surface area contributed by atoms with Crippen molar-refractivity contribution in [2.45, 2.75) is 57.2 Å². The number of hydrogen-bond acceptors (Lipinski definition) is 4. The summed E-state index contributed by atoms with van der Waals surface area (Å²) in [5.41, 5.74) is -0.406. The van der Waals surface area contributed by atoms with Crippen LogP contribution in [0, 0.1) is 18.8 Å². The van der Waals surface area contributed by atoms with Crippen molar-refractivity contribution in [2.24, 2.45) is 11.8 Å². The summed E-state index contributed by atoms with van der Waals surface area (Å²) >= 11 is 0. The van der Waals surface area contributed by atoms with Gasteiger partial charge in [0, 0.05) is 38.4 Å². The van der Waals surface area contributed by atoms with Gasteiger partial charge in [0.05, 0.1) is 23.7 Å². The van der Waals surface area contributed by atoms with E-state index in [0.717, 1.165) is 38.2 Å². The number of ether oxygens (including phenoxy) is 2. The first-order valence-electron chi connectivity index (χ1n) is 11.6. The first-order chi connectivity index (χ1) is 15.7. The number of carbonyl (C=O) groups excluding carboxylic acids is 2. The smallest absolute Gasteiger partial charge is 0.381 e. The second-order valence-electron chi connectivity index (χ2n) is 9.56. The molecule has 3 heterocycles. The van der Waals surface area contributed by atoms with Gasteiger partial charge in [0.1, 0.15) is 0 Å². The van der Waals surface area contributed by atoms with Gasteiger partial charge in [0.15, 0.2) is 0 Å². The lowest BCUT2D eigenvalue weighted by molar-refractivity contribution is -0.138. The van der Waals surface area contributed by atoms with Crippen LogP contribution in [0.1, 0.15) is 49.7 Å². The molecule has 1 N–H and O–H groups in total. The third kappa shape index (κ3) is 5.69. The Hall–Kier alpha value is -2.13. The predicted molar refractivity (Wildman–Crippen MR) is 116 cm³/mol. The minimum Gasteiger partial charge on any atom is -0.381 e. The molecule has 9 heteroatoms. The molecule has 6 nitrogen and oxygen atoms in total. The fourth-order valence-corrected chi connectivity index (χ4v) is 5.04. The summed E-state index contributed by atoms with van der Waals surface area (Å²) < 4.78 is 50.0. The molecule has 33 heavy (non-hydrogen) atoms. The highest BCUT2D eigenvalue weighted by atomic mass is 19.4. The average molecular weight is 469 g/mol. The first-order valence-corrected chi connectivity index (χ1v) is 11.6. The SMILES string of the molecule is Cc1cc(C(F)(F)F)ccc1NC(=O)C1COC2(CCN(C(=O)CCC3CCOC3)CC2)C1. The molecule has 0 aromatic heterocycles. The highest BCUT2D eigenvalue weighted by Crippen LogP contribution is 2.39. The van der Waals surface area contributed by atoms with Gasteiger partial charge in [0.2, 0.25) is 11.8 Å². The number of amides is 2. The van der Waals surface area contributed by atoms with Gasteiger partial charge in [0.25, 0.3) is 0 Å². The number of nitrogens with zero attached hydrogens (tertiary/aromatic N) is 1. The lowest BCUT2D eigenvalue weighted by Gasteiger charge is -2.38. The van der Waals surface area contributed by atoms with E-state index in [0.29, 0.717) is 55.9 Å². The van der Waals surface area contributed by atoms with E-state index in [1.807, 2.05) is 4.90 Å². The van der Waals surface area contributed by atoms with Crippen molar-refractivity contribution in [3.8, 4) is 0 Å². The molecule has 2 amide bonds. The van der Waals surface area contributed by atoms with Crippen molar-refractivity contribution in [1.29, 1.82) is 0 Å². The molecule has 3 fully saturated rings. The van der Waals surface area contributed by atoms with Crippen molar-refractivity contribution >= 4 is 17.5 Å². The minimum absolute atomic E-state index is 0.168. The van der Waals surface area contributed by atoms with Crippen molar-refractivity contribution in [3.05, 3.63) is 29.3 Å². The number of alkyl halides is 3. The Morgan fingerprint density at radius 1 is 1.21 bits per heavy atom. The van der Waals surface area contributed by atoms with E-state index in [1.165, 1.54) is 6.07 Å². The maximum Gasteiger partial charge on any atom is 0.416 e. The number of hydrogen-bond donors (Lipinski definition) is 1. The van der Waals surface area contributed by atoms with Crippen molar-refractivity contribution < 1.29 is 32.2 Å². The third-order valence-electron chi connectivity index (χ3n) is 7.21. The number of benzene rings is 1. The monoisotopic (exact) mass is 468 g/mol. The molecule has 0 bridgehead atoms. The molecule has 4 rings (SSSR count). The summed E-state index contributed by atoms with van der Waals surface area (Å²) in [6.45, 7) is 4.60. The van der Waals surface area contributed by atoms with Gasteiger partial charge < -0.3 is 19.7 Å². The van der Waals surface area contributed by atoms with Crippen LogP contribution in [0.5, 0.6) is 0 Å². The molecular formula is C24H31F3N2O4. The molecule has 0 aliphatic carbocycles. The minimum atomic E-state index is -4.42. The van der Waals surface area contributed by atoms with Gasteiger partial charge in [-0.1, -0.05) is 0 Å². The predicted octanol–water partition coefficient (Wildman–Crippen LogP) is 4.17. The van der Waals surface area contributed by atoms with Gasteiger partial charge in [-0.15, -0.1) is 0 Å². The van der Waals surface area contributed by atoms with E-state index in [2.05, 4.69) is 5.32 Å². The molecule has 3 aliphatic rings. The molecule has 1 spiro atoms. The number of carbonyl (C=O) groups is 2. The molecule has 3 saturated heterocycles. The summed E-state index contributed by atoms with van der Waals surface area (Å²) in [5, 5.41) is 2.76. The zero-order chi connectivity index (χ0) is 23.6. The van der Waals surface area contributed by atoms with Gasteiger partial charge >= 0.3 is 6.18 Å². The number of anilines is 1. The number of aryl methyl sites for hydroxylation is 1. The first kappa shape index (κ1) is 24.0. The fraction of sp³-hybridized carbons (Fsp3) is 0.667. The number of piperidine rings is 1. The van der Waals surface area contributed by atoms with Crippen molar-refractivity contribution in [2.75, 3.05) is 38.2 Å². The van der Waals surface area contributed by atoms with E-state index < -0.39 is 17.3 Å². The molecule has 0 saturated carbocycles. The summed E-state index contributed by atoms with van der Waals surface area (Å²) in [6.07, 6.45) is -0.0511. The van der Waals surface area contributed by atoms with Crippen LogP contribution in [-0.2, 0) is 25.2 Å². The Kier molecular flexibility index (Phi) is 7.00. The molecule has 1 aromatic carbocycles. The Balaban J connectivity index is 1.26. The van der Waals surface area contributed by atoms with E-state index in [1.54, 1.807) is 6.92 Å². The van der Waals surface area contributed by atoms with E-state index in [4.69, 9.17) is 9.47 Å². The standard InChI is InChI=1S/C24H31F3N2O4/c1-16-12-19(24(25,26)27)3-4-20(16)28-22(31)18-13-23(33-15-18)7-9-29(10-8-23)21(30)5-2-17-6-11-32-14-17/h3-4,12,17-18H,2,5-11,13-15H2,1H3,(H,28,31). The maximum absolute atomic E-state index is 12.9. The average Bonchev–Trinajstić information content (AvgIpc) is 3.44. The molecule has 3 aliphatic heterocycles. The molecular weight excluding hydrogens is 437 g/mol. The maximum atomic E-state index is 12.9. The Bertz CT molecular complexity index is 875. The fourth-order valence-electron chi connectivity index (χ4n) is 5.04. The van der Waals surface area contributed by atoms with Gasteiger partial charge in [-0.2, -0.15) is 13.2 Å². The van der Waals surface area contributed by atoms with Gasteiger partial charge in [-0.25, -0.2) is 0 Å². The zero-order valence-electron chi connectivity index (χ0n) is 18.9. The number of nitrogens with one attached hydrogen (secondary N) is 1. The van der Waals surface area contributed by atoms with E-state index in [9.17, 15) is 22.8 Å². The Labute approximate surface area is 191 Å². The normalized spacial score (nSPS) is 24.9. The highest BCUT2D eigenvalue weighted by Gasteiger charge is 2.45. The third-order valence-corrected chi connectivity index (χ3v) is 7.21. The van der Waals surface area contributed by atoms with Gasteiger partial charge in [-0.3, -0.25) is 9.59 Å². The van der Waals surface area contributed by atoms with Crippen LogP contribution in [0.3, 0.4) is 0 Å². The molecule has 2 atom stereocenters. The van der Waals surface area contributed by atoms with Crippen LogP contribution in [0.4, 0.5) is 18.9 Å². The number of halogens is 3. The quantitative estimate of drug-likeness (QED) is 0.705. The lowest BCUT2D eigenvalue weighted by Crippen LogP contribution is -2.46. The van der Waals surface area contributed by atoms with Crippen LogP contribution < -0.4 is 5.32 Å². The van der Waals surface area contributed by atoms with Crippen LogP contribution in [0.15, 0.2) is 18.2 Å². The van der Waals surface area contributed by atoms with E-state index in [-0.39, 0.29) is 24.3 Å². The lowest BCUT2D eigenvalue weighted by atomic mass is 9.85. The Morgan fingerprint density at radius 3 is 2.61 bits per heavy atom. The topological polar surface area (TPSA) is 67.9 Å². The molecule has 182 valence electrons. The summed E-state index contributed by atoms with van der Waals surface area (Å²) in [5.74, 6) is 0.0426. The van der Waals surface area contributed by atoms with Crippen molar-refractivity contribution in [1.82, 2.24) is 4.90 Å². The second-order valence-corrected chi connectivity index (χ2v) is 9.56. The van der Waals surface area contributed by atoms with Gasteiger partial charge in [-0.05, 0) is 68.7 Å². The van der Waals surface area contributed by atoms with Crippen LogP contribution in [-0.4, -0.2) is 55.2 Å². The zero-order valence-corrected chi connectivity index (χ0v) is 18.9. The summed E-state index contributed by atoms with van der Waals surface area (Å²) in [6, 6.07) is 3.31. The summed E-state index contributed by atoms with van der Waals surface area (Å²) in [7, 11) is 0.